The zero-order chi connectivity index (χ0) is 12.0. The third-order valence-corrected chi connectivity index (χ3v) is 2.31. The van der Waals surface area contributed by atoms with Gasteiger partial charge >= 0.3 is 0 Å². The number of thiocarbonyl (C=S) groups is 2. The van der Waals surface area contributed by atoms with Crippen LogP contribution < -0.4 is 22.1 Å². The smallest absolute Gasteiger partial charge is 0.163 e. The molecule has 1 rings (SSSR count). The minimum absolute atomic E-state index is 0. The number of hydrogen-bond acceptors (Lipinski definition) is 2. The standard InChI is InChI=1S/C10H14N4S2.2BrH/c11-9(15)13-5-7-3-1-2-4-8(7)6-14-10(12)16;;/h1-4H,5-6H2,(H3,11,13,15)(H3,12,14,16);2*1H. The predicted octanol–water partition coefficient (Wildman–Crippen LogP) is 1.51. The Kier molecular flexibility index (Phi) is 11.6. The SMILES string of the molecule is Br.Br.NC(=S)NCc1ccccc1CNC(N)=S. The molecule has 0 heterocycles. The second-order valence-electron chi connectivity index (χ2n) is 3.20. The average Bonchev–Trinajstić information content (AvgIpc) is 2.24. The summed E-state index contributed by atoms with van der Waals surface area (Å²) in [7, 11) is 0. The van der Waals surface area contributed by atoms with Gasteiger partial charge in [0.05, 0.1) is 0 Å². The Hall–Kier alpha value is -0.440. The molecular weight excluding hydrogens is 400 g/mol. The van der Waals surface area contributed by atoms with Gasteiger partial charge in [0.25, 0.3) is 0 Å². The van der Waals surface area contributed by atoms with Crippen molar-refractivity contribution < 1.29 is 0 Å². The van der Waals surface area contributed by atoms with E-state index in [1.165, 1.54) is 0 Å². The maximum Gasteiger partial charge on any atom is 0.163 e. The highest BCUT2D eigenvalue weighted by atomic mass is 79.9. The van der Waals surface area contributed by atoms with Crippen molar-refractivity contribution in [2.24, 2.45) is 11.5 Å². The summed E-state index contributed by atoms with van der Waals surface area (Å²) in [5.74, 6) is 0. The van der Waals surface area contributed by atoms with Crippen LogP contribution in [-0.2, 0) is 13.1 Å². The molecule has 0 amide bonds. The summed E-state index contributed by atoms with van der Waals surface area (Å²) in [6.45, 7) is 1.20. The zero-order valence-electron chi connectivity index (χ0n) is 9.51. The van der Waals surface area contributed by atoms with E-state index in [0.717, 1.165) is 11.1 Å². The van der Waals surface area contributed by atoms with Crippen molar-refractivity contribution in [1.29, 1.82) is 0 Å². The van der Waals surface area contributed by atoms with Crippen LogP contribution in [0.4, 0.5) is 0 Å². The largest absolute Gasteiger partial charge is 0.376 e. The molecular formula is C10H16Br2N4S2. The van der Waals surface area contributed by atoms with E-state index in [1.807, 2.05) is 24.3 Å². The molecule has 4 nitrogen and oxygen atoms in total. The van der Waals surface area contributed by atoms with Crippen LogP contribution in [0.1, 0.15) is 11.1 Å². The summed E-state index contributed by atoms with van der Waals surface area (Å²) in [6, 6.07) is 7.92. The van der Waals surface area contributed by atoms with Gasteiger partial charge in [-0.05, 0) is 35.6 Å². The molecule has 0 aliphatic heterocycles. The molecule has 0 fully saturated rings. The Morgan fingerprint density at radius 1 is 0.889 bits per heavy atom. The minimum atomic E-state index is 0. The van der Waals surface area contributed by atoms with Gasteiger partial charge in [0.1, 0.15) is 0 Å². The Labute approximate surface area is 138 Å². The van der Waals surface area contributed by atoms with Gasteiger partial charge in [0.2, 0.25) is 0 Å². The highest BCUT2D eigenvalue weighted by Crippen LogP contribution is 2.07. The molecule has 0 aliphatic rings. The first-order valence-corrected chi connectivity index (χ1v) is 5.54. The van der Waals surface area contributed by atoms with Crippen molar-refractivity contribution in [3.05, 3.63) is 35.4 Å². The lowest BCUT2D eigenvalue weighted by Gasteiger charge is -2.11. The minimum Gasteiger partial charge on any atom is -0.376 e. The van der Waals surface area contributed by atoms with Gasteiger partial charge in [-0.3, -0.25) is 0 Å². The molecule has 0 unspecified atom stereocenters. The Morgan fingerprint density at radius 3 is 1.50 bits per heavy atom. The van der Waals surface area contributed by atoms with Gasteiger partial charge < -0.3 is 22.1 Å². The molecule has 1 aromatic rings. The van der Waals surface area contributed by atoms with E-state index in [0.29, 0.717) is 13.1 Å². The maximum atomic E-state index is 5.38. The van der Waals surface area contributed by atoms with Gasteiger partial charge in [-0.1, -0.05) is 24.3 Å². The highest BCUT2D eigenvalue weighted by molar-refractivity contribution is 8.93. The first-order valence-electron chi connectivity index (χ1n) is 4.73. The number of halogens is 2. The lowest BCUT2D eigenvalue weighted by molar-refractivity contribution is 0.854. The van der Waals surface area contributed by atoms with Crippen LogP contribution in [0.2, 0.25) is 0 Å². The van der Waals surface area contributed by atoms with Crippen LogP contribution in [0.3, 0.4) is 0 Å². The molecule has 0 aromatic heterocycles. The van der Waals surface area contributed by atoms with Gasteiger partial charge in [-0.2, -0.15) is 0 Å². The predicted molar refractivity (Wildman–Crippen MR) is 94.3 cm³/mol. The normalized spacial score (nSPS) is 8.44. The van der Waals surface area contributed by atoms with Gasteiger partial charge in [-0.25, -0.2) is 0 Å². The van der Waals surface area contributed by atoms with Crippen molar-refractivity contribution >= 4 is 68.6 Å². The van der Waals surface area contributed by atoms with Gasteiger partial charge in [0, 0.05) is 13.1 Å². The topological polar surface area (TPSA) is 76.1 Å². The fraction of sp³-hybridized carbons (Fsp3) is 0.200. The van der Waals surface area contributed by atoms with Crippen molar-refractivity contribution in [2.75, 3.05) is 0 Å². The van der Waals surface area contributed by atoms with E-state index < -0.39 is 0 Å². The Balaban J connectivity index is 0. The summed E-state index contributed by atoms with van der Waals surface area (Å²) in [6.07, 6.45) is 0. The first kappa shape index (κ1) is 19.9. The summed E-state index contributed by atoms with van der Waals surface area (Å²) in [5.41, 5.74) is 13.0. The van der Waals surface area contributed by atoms with Crippen LogP contribution in [0, 0.1) is 0 Å². The summed E-state index contributed by atoms with van der Waals surface area (Å²) in [4.78, 5) is 0. The number of benzene rings is 1. The Bertz CT molecular complexity index is 364. The molecule has 1 aromatic carbocycles. The van der Waals surface area contributed by atoms with E-state index in [9.17, 15) is 0 Å². The van der Waals surface area contributed by atoms with Crippen LogP contribution in [0.5, 0.6) is 0 Å². The molecule has 0 spiro atoms. The molecule has 102 valence electrons. The third-order valence-electron chi connectivity index (χ3n) is 2.02. The Morgan fingerprint density at radius 2 is 1.22 bits per heavy atom. The lowest BCUT2D eigenvalue weighted by atomic mass is 10.1. The zero-order valence-corrected chi connectivity index (χ0v) is 14.6. The van der Waals surface area contributed by atoms with E-state index in [1.54, 1.807) is 0 Å². The molecule has 0 aliphatic carbocycles. The monoisotopic (exact) mass is 414 g/mol. The second-order valence-corrected chi connectivity index (χ2v) is 4.08. The van der Waals surface area contributed by atoms with E-state index in [-0.39, 0.29) is 44.2 Å². The first-order chi connectivity index (χ1) is 7.59. The van der Waals surface area contributed by atoms with E-state index >= 15 is 0 Å². The number of hydrogen-bond donors (Lipinski definition) is 4. The molecule has 0 saturated carbocycles. The quantitative estimate of drug-likeness (QED) is 0.558. The molecule has 8 heteroatoms. The van der Waals surface area contributed by atoms with Crippen molar-refractivity contribution in [3.8, 4) is 0 Å². The van der Waals surface area contributed by atoms with Gasteiger partial charge in [-0.15, -0.1) is 34.0 Å². The highest BCUT2D eigenvalue weighted by Gasteiger charge is 2.01. The molecule has 0 atom stereocenters. The van der Waals surface area contributed by atoms with Crippen molar-refractivity contribution in [3.63, 3.8) is 0 Å². The van der Waals surface area contributed by atoms with E-state index in [4.69, 9.17) is 35.9 Å². The maximum absolute atomic E-state index is 5.38. The summed E-state index contributed by atoms with van der Waals surface area (Å²) < 4.78 is 0. The fourth-order valence-corrected chi connectivity index (χ4v) is 1.41. The van der Waals surface area contributed by atoms with Crippen LogP contribution in [-0.4, -0.2) is 10.2 Å². The molecule has 0 radical (unpaired) electrons. The fourth-order valence-electron chi connectivity index (χ4n) is 1.27. The molecule has 18 heavy (non-hydrogen) atoms. The average molecular weight is 416 g/mol. The lowest BCUT2D eigenvalue weighted by Crippen LogP contribution is -2.31. The van der Waals surface area contributed by atoms with Crippen LogP contribution >= 0.6 is 58.4 Å². The third kappa shape index (κ3) is 7.80. The number of nitrogens with two attached hydrogens (primary N) is 2. The number of nitrogens with one attached hydrogen (secondary N) is 2. The molecule has 0 saturated heterocycles. The van der Waals surface area contributed by atoms with E-state index in [2.05, 4.69) is 10.6 Å². The number of rotatable bonds is 4. The van der Waals surface area contributed by atoms with Crippen LogP contribution in [0.15, 0.2) is 24.3 Å². The van der Waals surface area contributed by atoms with Crippen LogP contribution in [0.25, 0.3) is 0 Å². The second kappa shape index (κ2) is 10.5. The van der Waals surface area contributed by atoms with Gasteiger partial charge in [0.15, 0.2) is 10.2 Å². The summed E-state index contributed by atoms with van der Waals surface area (Å²) in [5, 5.41) is 6.39. The van der Waals surface area contributed by atoms with Crippen molar-refractivity contribution in [1.82, 2.24) is 10.6 Å². The molecule has 6 N–H and O–H groups in total. The van der Waals surface area contributed by atoms with Crippen molar-refractivity contribution in [2.45, 2.75) is 13.1 Å². The molecule has 0 bridgehead atoms. The summed E-state index contributed by atoms with van der Waals surface area (Å²) >= 11 is 9.51.